The molecule has 10 heteroatoms. The lowest BCUT2D eigenvalue weighted by Gasteiger charge is -2.22. The van der Waals surface area contributed by atoms with Gasteiger partial charge in [0, 0.05) is 0 Å². The number of hydrogen-bond donors (Lipinski definition) is 0. The van der Waals surface area contributed by atoms with Crippen LogP contribution in [0, 0.1) is 6.92 Å². The van der Waals surface area contributed by atoms with Crippen LogP contribution in [-0.2, 0) is 4.74 Å². The van der Waals surface area contributed by atoms with E-state index < -0.39 is 17.9 Å². The molecule has 3 heterocycles. The molecule has 4 aromatic rings. The maximum Gasteiger partial charge on any atom is 0.350 e. The van der Waals surface area contributed by atoms with Gasteiger partial charge in [0.1, 0.15) is 17.1 Å². The van der Waals surface area contributed by atoms with E-state index in [0.717, 1.165) is 11.3 Å². The minimum Gasteiger partial charge on any atom is -0.457 e. The van der Waals surface area contributed by atoms with Crippen molar-refractivity contribution in [2.45, 2.75) is 13.0 Å². The monoisotopic (exact) mass is 526 g/mol. The van der Waals surface area contributed by atoms with Crippen LogP contribution in [0.1, 0.15) is 43.1 Å². The second-order valence-electron chi connectivity index (χ2n) is 7.72. The zero-order valence-electron chi connectivity index (χ0n) is 18.2. The number of aryl methyl sites for hydroxylation is 1. The van der Waals surface area contributed by atoms with E-state index in [0.29, 0.717) is 27.2 Å². The summed E-state index contributed by atoms with van der Waals surface area (Å²) in [6.07, 6.45) is 1.46. The fourth-order valence-corrected chi connectivity index (χ4v) is 5.28. The largest absolute Gasteiger partial charge is 0.457 e. The Labute approximate surface area is 213 Å². The molecule has 1 unspecified atom stereocenters. The highest BCUT2D eigenvalue weighted by Crippen LogP contribution is 2.44. The van der Waals surface area contributed by atoms with Crippen molar-refractivity contribution in [2.75, 3.05) is 11.5 Å². The number of para-hydroxylation sites is 1. The number of fused-ring (bicyclic) bond motifs is 2. The van der Waals surface area contributed by atoms with Crippen LogP contribution in [0.3, 0.4) is 0 Å². The molecule has 7 nitrogen and oxygen atoms in total. The third kappa shape index (κ3) is 3.83. The molecule has 1 aliphatic rings. The molecule has 1 amide bonds. The molecule has 0 radical (unpaired) electrons. The van der Waals surface area contributed by atoms with Gasteiger partial charge in [0.05, 0.1) is 32.7 Å². The minimum absolute atomic E-state index is 0.0382. The van der Waals surface area contributed by atoms with E-state index >= 15 is 0 Å². The number of halogens is 2. The van der Waals surface area contributed by atoms with Gasteiger partial charge in [0.2, 0.25) is 5.76 Å². The van der Waals surface area contributed by atoms with Crippen molar-refractivity contribution in [2.24, 2.45) is 0 Å². The first kappa shape index (κ1) is 23.3. The van der Waals surface area contributed by atoms with Crippen molar-refractivity contribution in [3.05, 3.63) is 103 Å². The fraction of sp³-hybridized carbons (Fsp3) is 0.120. The number of rotatable bonds is 5. The Balaban J connectivity index is 1.73. The number of anilines is 1. The Kier molecular flexibility index (Phi) is 5.96. The molecule has 0 bridgehead atoms. The number of nitrogens with zero attached hydrogens (tertiary/aromatic N) is 2. The first-order valence-electron chi connectivity index (χ1n) is 10.4. The molecule has 0 aliphatic carbocycles. The van der Waals surface area contributed by atoms with Crippen molar-refractivity contribution in [1.29, 1.82) is 0 Å². The normalized spacial score (nSPS) is 14.9. The molecule has 2 aromatic carbocycles. The topological polar surface area (TPSA) is 89.7 Å². The predicted molar refractivity (Wildman–Crippen MR) is 135 cm³/mol. The summed E-state index contributed by atoms with van der Waals surface area (Å²) in [5.74, 6) is -1.23. The summed E-state index contributed by atoms with van der Waals surface area (Å²) in [5.41, 5.74) is 1.05. The molecular formula is C25H16Cl2N2O5S. The van der Waals surface area contributed by atoms with Crippen LogP contribution < -0.4 is 10.3 Å². The third-order valence-corrected chi connectivity index (χ3v) is 7.42. The maximum absolute atomic E-state index is 13.7. The highest BCUT2D eigenvalue weighted by molar-refractivity contribution is 7.17. The number of amides is 1. The summed E-state index contributed by atoms with van der Waals surface area (Å²) in [7, 11) is 0. The summed E-state index contributed by atoms with van der Waals surface area (Å²) in [6, 6.07) is 10.7. The molecule has 1 aliphatic heterocycles. The number of carbonyl (C=O) groups excluding carboxylic acids is 2. The minimum atomic E-state index is -0.893. The number of ether oxygens (including phenoxy) is 1. The summed E-state index contributed by atoms with van der Waals surface area (Å²) in [6.45, 7) is 5.22. The average Bonchev–Trinajstić information content (AvgIpc) is 3.37. The molecule has 176 valence electrons. The Morgan fingerprint density at radius 1 is 1.23 bits per heavy atom. The molecule has 0 spiro atoms. The van der Waals surface area contributed by atoms with E-state index in [2.05, 4.69) is 11.6 Å². The lowest BCUT2D eigenvalue weighted by Crippen LogP contribution is -2.29. The van der Waals surface area contributed by atoms with Crippen LogP contribution >= 0.6 is 34.5 Å². The smallest absolute Gasteiger partial charge is 0.350 e. The van der Waals surface area contributed by atoms with Crippen LogP contribution in [-0.4, -0.2) is 23.5 Å². The Morgan fingerprint density at radius 2 is 2.00 bits per heavy atom. The number of thiazole rings is 1. The number of carbonyl (C=O) groups is 2. The molecule has 5 rings (SSSR count). The van der Waals surface area contributed by atoms with Gasteiger partial charge in [-0.05, 0) is 36.8 Å². The van der Waals surface area contributed by atoms with Gasteiger partial charge >= 0.3 is 5.97 Å². The van der Waals surface area contributed by atoms with Crippen LogP contribution in [0.15, 0.2) is 64.3 Å². The maximum atomic E-state index is 13.7. The fourth-order valence-electron chi connectivity index (χ4n) is 3.99. The van der Waals surface area contributed by atoms with Gasteiger partial charge < -0.3 is 9.15 Å². The second-order valence-corrected chi connectivity index (χ2v) is 9.51. The average molecular weight is 527 g/mol. The number of hydrogen-bond acceptors (Lipinski definition) is 7. The second kappa shape index (κ2) is 8.96. The van der Waals surface area contributed by atoms with Crippen LogP contribution in [0.25, 0.3) is 11.0 Å². The van der Waals surface area contributed by atoms with Crippen molar-refractivity contribution < 1.29 is 18.7 Å². The van der Waals surface area contributed by atoms with Gasteiger partial charge in [-0.1, -0.05) is 65.4 Å². The Hall–Kier alpha value is -3.46. The highest BCUT2D eigenvalue weighted by atomic mass is 35.5. The van der Waals surface area contributed by atoms with E-state index in [-0.39, 0.29) is 38.4 Å². The quantitative estimate of drug-likeness (QED) is 0.235. The van der Waals surface area contributed by atoms with Gasteiger partial charge in [0.25, 0.3) is 5.91 Å². The molecule has 2 aromatic heterocycles. The molecule has 0 saturated carbocycles. The van der Waals surface area contributed by atoms with E-state index in [9.17, 15) is 14.4 Å². The molecule has 0 saturated heterocycles. The Bertz CT molecular complexity index is 1590. The molecule has 0 N–H and O–H groups in total. The van der Waals surface area contributed by atoms with E-state index in [1.165, 1.54) is 11.0 Å². The third-order valence-electron chi connectivity index (χ3n) is 5.55. The Morgan fingerprint density at radius 3 is 2.74 bits per heavy atom. The molecule has 0 fully saturated rings. The van der Waals surface area contributed by atoms with Gasteiger partial charge in [0.15, 0.2) is 10.6 Å². The summed E-state index contributed by atoms with van der Waals surface area (Å²) < 4.78 is 11.1. The van der Waals surface area contributed by atoms with Crippen molar-refractivity contribution in [3.63, 3.8) is 0 Å². The van der Waals surface area contributed by atoms with Gasteiger partial charge in [-0.15, -0.1) is 0 Å². The summed E-state index contributed by atoms with van der Waals surface area (Å²) in [4.78, 5) is 45.8. The van der Waals surface area contributed by atoms with Crippen molar-refractivity contribution in [1.82, 2.24) is 4.98 Å². The van der Waals surface area contributed by atoms with Gasteiger partial charge in [-0.2, -0.15) is 0 Å². The predicted octanol–water partition coefficient (Wildman–Crippen LogP) is 5.96. The van der Waals surface area contributed by atoms with Crippen LogP contribution in [0.5, 0.6) is 0 Å². The first-order valence-corrected chi connectivity index (χ1v) is 12.0. The number of aromatic nitrogens is 1. The lowest BCUT2D eigenvalue weighted by molar-refractivity contribution is 0.0554. The number of esters is 1. The van der Waals surface area contributed by atoms with Gasteiger partial charge in [-0.3, -0.25) is 14.5 Å². The van der Waals surface area contributed by atoms with Gasteiger partial charge in [-0.25, -0.2) is 9.78 Å². The van der Waals surface area contributed by atoms with E-state index in [4.69, 9.17) is 32.4 Å². The van der Waals surface area contributed by atoms with Crippen LogP contribution in [0.2, 0.25) is 10.0 Å². The van der Waals surface area contributed by atoms with Crippen molar-refractivity contribution >= 4 is 62.5 Å². The van der Waals surface area contributed by atoms with E-state index in [1.54, 1.807) is 49.4 Å². The van der Waals surface area contributed by atoms with E-state index in [1.807, 2.05) is 0 Å². The molecule has 1 atom stereocenters. The van der Waals surface area contributed by atoms with Crippen molar-refractivity contribution in [3.8, 4) is 0 Å². The zero-order valence-corrected chi connectivity index (χ0v) is 20.5. The SMILES string of the molecule is C=CCOC(=O)c1sc(N2C(=O)c3oc4ccccc4c(=O)c3C2c2ccc(Cl)c(Cl)c2)nc1C. The zero-order chi connectivity index (χ0) is 24.9. The molecular weight excluding hydrogens is 511 g/mol. The standard InChI is InChI=1S/C25H16Cl2N2O5S/c1-3-10-33-24(32)22-12(2)28-25(35-22)29-19(13-8-9-15(26)16(27)11-13)18-20(30)14-6-4-5-7-17(14)34-21(18)23(29)31/h3-9,11,19H,1,10H2,2H3. The van der Waals surface area contributed by atoms with Crippen LogP contribution in [0.4, 0.5) is 5.13 Å². The number of benzene rings is 2. The lowest BCUT2D eigenvalue weighted by atomic mass is 9.99. The molecule has 35 heavy (non-hydrogen) atoms. The highest BCUT2D eigenvalue weighted by Gasteiger charge is 2.45. The summed E-state index contributed by atoms with van der Waals surface area (Å²) in [5, 5.41) is 1.15. The first-order chi connectivity index (χ1) is 16.8. The summed E-state index contributed by atoms with van der Waals surface area (Å²) >= 11 is 13.4.